The van der Waals surface area contributed by atoms with Crippen molar-refractivity contribution in [1.29, 1.82) is 0 Å². The first-order valence-corrected chi connectivity index (χ1v) is 13.4. The molecule has 1 aromatic carbocycles. The van der Waals surface area contributed by atoms with E-state index in [-0.39, 0.29) is 82.1 Å². The van der Waals surface area contributed by atoms with E-state index >= 15 is 0 Å². The molecule has 200 valence electrons. The number of thioether (sulfide) groups is 1. The average Bonchev–Trinajstić information content (AvgIpc) is 3.49. The van der Waals surface area contributed by atoms with Crippen LogP contribution in [0.4, 0.5) is 13.2 Å². The molecule has 1 N–H and O–H groups in total. The van der Waals surface area contributed by atoms with Crippen LogP contribution in [0.2, 0.25) is 0 Å². The standard InChI is InChI=1S/C23H22F3N3O2S.C4H9O.K/c24-17-4-1-12(5-14(17)8-21(30)31)11-32-23-27-9-20-22(28-23)16(10-29(20)15-2-3-15)13-6-18(25)19(26)7-13;1-4(2,3)5;/h1,4-5,9-10,13,15,18-19H,2-3,6-8,11H2,(H,30,31);1-3H3;/q;-1;+1/t18-,19-;;/m1../s1. The van der Waals surface area contributed by atoms with E-state index in [0.29, 0.717) is 17.0 Å². The largest absolute Gasteiger partial charge is 1.00 e. The van der Waals surface area contributed by atoms with Crippen LogP contribution in [0.15, 0.2) is 35.7 Å². The smallest absolute Gasteiger partial charge is 0.850 e. The summed E-state index contributed by atoms with van der Waals surface area (Å²) in [6, 6.07) is 4.82. The van der Waals surface area contributed by atoms with Crippen molar-refractivity contribution in [3.63, 3.8) is 0 Å². The first-order chi connectivity index (χ1) is 17.4. The zero-order chi connectivity index (χ0) is 26.9. The summed E-state index contributed by atoms with van der Waals surface area (Å²) in [5.74, 6) is -1.39. The first-order valence-electron chi connectivity index (χ1n) is 12.4. The van der Waals surface area contributed by atoms with Gasteiger partial charge in [-0.05, 0) is 54.4 Å². The number of aliphatic carboxylic acids is 1. The summed E-state index contributed by atoms with van der Waals surface area (Å²) in [6.07, 6.45) is 3.00. The first kappa shape index (κ1) is 31.6. The van der Waals surface area contributed by atoms with Crippen LogP contribution in [0.5, 0.6) is 0 Å². The van der Waals surface area contributed by atoms with Crippen molar-refractivity contribution in [3.8, 4) is 0 Å². The van der Waals surface area contributed by atoms with Gasteiger partial charge in [0.2, 0.25) is 0 Å². The van der Waals surface area contributed by atoms with Gasteiger partial charge in [-0.2, -0.15) is 0 Å². The Morgan fingerprint density at radius 2 is 1.84 bits per heavy atom. The minimum atomic E-state index is -1.44. The Morgan fingerprint density at radius 1 is 1.21 bits per heavy atom. The van der Waals surface area contributed by atoms with Gasteiger partial charge in [-0.25, -0.2) is 23.1 Å². The molecule has 0 spiro atoms. The fourth-order valence-electron chi connectivity index (χ4n) is 4.42. The molecule has 11 heteroatoms. The molecule has 2 saturated carbocycles. The van der Waals surface area contributed by atoms with Crippen molar-refractivity contribution >= 4 is 28.8 Å². The molecule has 0 unspecified atom stereocenters. The molecule has 2 aliphatic rings. The molecule has 3 aromatic rings. The molecular weight excluding hydrogens is 542 g/mol. The Bertz CT molecular complexity index is 1260. The molecule has 2 aromatic heterocycles. The van der Waals surface area contributed by atoms with Crippen molar-refractivity contribution in [1.82, 2.24) is 14.5 Å². The van der Waals surface area contributed by atoms with Crippen LogP contribution >= 0.6 is 11.8 Å². The third-order valence-corrected chi connectivity index (χ3v) is 7.12. The summed E-state index contributed by atoms with van der Waals surface area (Å²) in [6.45, 7) is 4.90. The summed E-state index contributed by atoms with van der Waals surface area (Å²) >= 11 is 1.36. The Hall–Kier alpha value is -0.954. The van der Waals surface area contributed by atoms with Gasteiger partial charge in [-0.3, -0.25) is 4.79 Å². The van der Waals surface area contributed by atoms with Gasteiger partial charge in [0, 0.05) is 18.0 Å². The van der Waals surface area contributed by atoms with Crippen molar-refractivity contribution in [3.05, 3.63) is 53.1 Å². The maximum Gasteiger partial charge on any atom is 1.00 e. The number of halogens is 3. The molecule has 0 saturated heterocycles. The Labute approximate surface area is 267 Å². The van der Waals surface area contributed by atoms with Gasteiger partial charge in [-0.15, -0.1) is 5.60 Å². The van der Waals surface area contributed by atoms with Crippen molar-refractivity contribution in [2.24, 2.45) is 0 Å². The van der Waals surface area contributed by atoms with Crippen LogP contribution in [0.3, 0.4) is 0 Å². The predicted molar refractivity (Wildman–Crippen MR) is 135 cm³/mol. The van der Waals surface area contributed by atoms with E-state index in [0.717, 1.165) is 35.0 Å². The van der Waals surface area contributed by atoms with E-state index < -0.39 is 29.7 Å². The van der Waals surface area contributed by atoms with Crippen LogP contribution in [0, 0.1) is 5.82 Å². The number of benzene rings is 1. The van der Waals surface area contributed by atoms with Gasteiger partial charge >= 0.3 is 57.4 Å². The number of hydrogen-bond donors (Lipinski definition) is 1. The van der Waals surface area contributed by atoms with Gasteiger partial charge < -0.3 is 14.8 Å². The minimum absolute atomic E-state index is 0. The maximum absolute atomic E-state index is 13.9. The van der Waals surface area contributed by atoms with E-state index in [4.69, 9.17) is 10.1 Å². The van der Waals surface area contributed by atoms with Crippen LogP contribution in [0.25, 0.3) is 11.0 Å². The molecule has 0 radical (unpaired) electrons. The van der Waals surface area contributed by atoms with E-state index in [1.54, 1.807) is 39.1 Å². The minimum Gasteiger partial charge on any atom is -0.850 e. The molecule has 2 fully saturated rings. The second kappa shape index (κ2) is 13.1. The summed E-state index contributed by atoms with van der Waals surface area (Å²) in [5.41, 5.74) is 2.66. The average molecular weight is 574 g/mol. The van der Waals surface area contributed by atoms with Crippen molar-refractivity contribution in [2.75, 3.05) is 0 Å². The molecule has 2 atom stereocenters. The number of hydrogen-bond acceptors (Lipinski definition) is 5. The Morgan fingerprint density at radius 3 is 2.42 bits per heavy atom. The van der Waals surface area contributed by atoms with Crippen LogP contribution in [-0.2, 0) is 17.0 Å². The summed E-state index contributed by atoms with van der Waals surface area (Å²) in [4.78, 5) is 20.1. The number of aromatic nitrogens is 3. The monoisotopic (exact) mass is 573 g/mol. The Balaban J connectivity index is 0.000000612. The molecule has 0 aliphatic heterocycles. The summed E-state index contributed by atoms with van der Waals surface area (Å²) in [5, 5.41) is 19.6. The number of carboxylic acid groups (broad SMARTS) is 1. The van der Waals surface area contributed by atoms with Crippen LogP contribution in [-0.4, -0.2) is 43.6 Å². The predicted octanol–water partition coefficient (Wildman–Crippen LogP) is 2.53. The topological polar surface area (TPSA) is 91.1 Å². The van der Waals surface area contributed by atoms with Gasteiger partial charge in [0.25, 0.3) is 0 Å². The second-order valence-electron chi connectivity index (χ2n) is 10.7. The molecule has 5 rings (SSSR count). The summed E-state index contributed by atoms with van der Waals surface area (Å²) < 4.78 is 43.7. The zero-order valence-electron chi connectivity index (χ0n) is 22.1. The van der Waals surface area contributed by atoms with E-state index in [1.807, 2.05) is 6.20 Å². The van der Waals surface area contributed by atoms with E-state index in [1.165, 1.54) is 17.8 Å². The molecule has 6 nitrogen and oxygen atoms in total. The number of rotatable bonds is 7. The SMILES string of the molecule is CC(C)(C)[O-].O=C(O)Cc1cc(CSc2ncc3c(n2)c(C2C[C@@H](F)[C@H](F)C2)cn3C2CC2)ccc1F.[K+]. The van der Waals surface area contributed by atoms with E-state index in [9.17, 15) is 23.1 Å². The van der Waals surface area contributed by atoms with E-state index in [2.05, 4.69) is 9.55 Å². The molecule has 0 bridgehead atoms. The Kier molecular flexibility index (Phi) is 10.9. The molecule has 38 heavy (non-hydrogen) atoms. The quantitative estimate of drug-likeness (QED) is 0.266. The van der Waals surface area contributed by atoms with Crippen LogP contribution < -0.4 is 56.5 Å². The van der Waals surface area contributed by atoms with Crippen LogP contribution in [0.1, 0.15) is 75.1 Å². The molecular formula is C27H31F3KN3O3S. The van der Waals surface area contributed by atoms with Gasteiger partial charge in [0.15, 0.2) is 5.16 Å². The molecule has 2 heterocycles. The number of alkyl halides is 2. The van der Waals surface area contributed by atoms with Gasteiger partial charge in [0.05, 0.1) is 23.7 Å². The van der Waals surface area contributed by atoms with Crippen molar-refractivity contribution in [2.45, 2.75) is 93.7 Å². The number of carbonyl (C=O) groups is 1. The molecule has 2 aliphatic carbocycles. The summed E-state index contributed by atoms with van der Waals surface area (Å²) in [7, 11) is 0. The zero-order valence-corrected chi connectivity index (χ0v) is 26.0. The fraction of sp³-hybridized carbons (Fsp3) is 0.519. The number of fused-ring (bicyclic) bond motifs is 1. The van der Waals surface area contributed by atoms with Gasteiger partial charge in [0.1, 0.15) is 18.2 Å². The normalized spacial score (nSPS) is 19.7. The maximum atomic E-state index is 13.9. The third-order valence-electron chi connectivity index (χ3n) is 6.19. The number of nitrogens with zero attached hydrogens (tertiary/aromatic N) is 3. The van der Waals surface area contributed by atoms with Crippen molar-refractivity contribution < 1.29 is 79.6 Å². The molecule has 0 amide bonds. The van der Waals surface area contributed by atoms with Gasteiger partial charge in [-0.1, -0.05) is 44.7 Å². The number of carboxylic acids is 1. The fourth-order valence-corrected chi connectivity index (χ4v) is 5.18. The third kappa shape index (κ3) is 8.52. The second-order valence-corrected chi connectivity index (χ2v) is 11.6.